The van der Waals surface area contributed by atoms with E-state index in [0.29, 0.717) is 29.1 Å². The molecule has 1 aliphatic rings. The molecule has 6 nitrogen and oxygen atoms in total. The lowest BCUT2D eigenvalue weighted by Gasteiger charge is -2.27. The van der Waals surface area contributed by atoms with E-state index in [2.05, 4.69) is 10.3 Å². The first-order valence-electron chi connectivity index (χ1n) is 6.70. The fraction of sp³-hybridized carbons (Fsp3) is 0.357. The predicted octanol–water partition coefficient (Wildman–Crippen LogP) is 2.30. The summed E-state index contributed by atoms with van der Waals surface area (Å²) in [4.78, 5) is 28.7. The number of anilines is 1. The molecule has 0 radical (unpaired) electrons. The van der Waals surface area contributed by atoms with Crippen molar-refractivity contribution in [2.45, 2.75) is 12.8 Å². The highest BCUT2D eigenvalue weighted by Gasteiger charge is 2.28. The molecule has 2 heterocycles. The van der Waals surface area contributed by atoms with Crippen LogP contribution in [0.3, 0.4) is 0 Å². The van der Waals surface area contributed by atoms with Crippen molar-refractivity contribution < 1.29 is 14.0 Å². The van der Waals surface area contributed by atoms with Crippen LogP contribution in [0, 0.1) is 10.8 Å². The quantitative estimate of drug-likeness (QED) is 0.835. The summed E-state index contributed by atoms with van der Waals surface area (Å²) in [6.07, 6.45) is 0.941. The highest BCUT2D eigenvalue weighted by atomic mass is 32.1. The van der Waals surface area contributed by atoms with Gasteiger partial charge in [-0.1, -0.05) is 0 Å². The van der Waals surface area contributed by atoms with Gasteiger partial charge in [-0.25, -0.2) is 0 Å². The number of nitrogens with zero attached hydrogens (tertiary/aromatic N) is 1. The zero-order valence-corrected chi connectivity index (χ0v) is 12.3. The number of carbonyl (C=O) groups excluding carboxylic acids is 2. The number of rotatable bonds is 2. The largest absolute Gasteiger partial charge is 0.429 e. The highest BCUT2D eigenvalue weighted by Crippen LogP contribution is 2.22. The van der Waals surface area contributed by atoms with E-state index in [9.17, 15) is 9.59 Å². The zero-order chi connectivity index (χ0) is 15.0. The summed E-state index contributed by atoms with van der Waals surface area (Å²) in [5, 5.41) is 2.83. The molecule has 110 valence electrons. The first-order chi connectivity index (χ1) is 10.0. The van der Waals surface area contributed by atoms with Crippen LogP contribution in [-0.4, -0.2) is 35.3 Å². The van der Waals surface area contributed by atoms with Gasteiger partial charge in [0.1, 0.15) is 0 Å². The van der Waals surface area contributed by atoms with E-state index in [4.69, 9.17) is 16.6 Å². The second-order valence-electron chi connectivity index (χ2n) is 5.22. The Morgan fingerprint density at radius 2 is 2.33 bits per heavy atom. The lowest BCUT2D eigenvalue weighted by Crippen LogP contribution is -2.39. The average Bonchev–Trinajstić information content (AvgIpc) is 2.81. The second-order valence-corrected chi connectivity index (χ2v) is 5.59. The van der Waals surface area contributed by atoms with Gasteiger partial charge in [-0.05, 0) is 30.8 Å². The maximum Gasteiger partial charge on any atom is 0.266 e. The molecule has 2 N–H and O–H groups in total. The van der Waals surface area contributed by atoms with Crippen molar-refractivity contribution in [2.75, 3.05) is 18.9 Å². The molecule has 2 amide bonds. The van der Waals surface area contributed by atoms with E-state index in [1.54, 1.807) is 30.1 Å². The van der Waals surface area contributed by atoms with Gasteiger partial charge in [0.05, 0.1) is 5.52 Å². The van der Waals surface area contributed by atoms with Crippen LogP contribution in [-0.2, 0) is 9.59 Å². The Labute approximate surface area is 126 Å². The van der Waals surface area contributed by atoms with Gasteiger partial charge in [0, 0.05) is 37.7 Å². The zero-order valence-electron chi connectivity index (χ0n) is 11.5. The van der Waals surface area contributed by atoms with Crippen molar-refractivity contribution in [3.63, 3.8) is 0 Å². The van der Waals surface area contributed by atoms with Crippen LogP contribution in [0.4, 0.5) is 5.69 Å². The van der Waals surface area contributed by atoms with Gasteiger partial charge in [0.25, 0.3) is 4.84 Å². The molecule has 1 atom stereocenters. The van der Waals surface area contributed by atoms with Gasteiger partial charge in [-0.15, -0.1) is 0 Å². The molecule has 0 spiro atoms. The third-order valence-corrected chi connectivity index (χ3v) is 3.90. The minimum absolute atomic E-state index is 0.00763. The van der Waals surface area contributed by atoms with Crippen molar-refractivity contribution in [3.8, 4) is 0 Å². The van der Waals surface area contributed by atoms with E-state index in [1.165, 1.54) is 0 Å². The number of aromatic nitrogens is 1. The van der Waals surface area contributed by atoms with Gasteiger partial charge >= 0.3 is 0 Å². The number of nitrogens with one attached hydrogen (secondary N) is 2. The van der Waals surface area contributed by atoms with Crippen LogP contribution in [0.1, 0.15) is 12.8 Å². The van der Waals surface area contributed by atoms with Crippen molar-refractivity contribution in [1.82, 2.24) is 9.88 Å². The minimum Gasteiger partial charge on any atom is -0.429 e. The Morgan fingerprint density at radius 3 is 3.10 bits per heavy atom. The SMILES string of the molecule is CN1CC[C@H](C(=O)Nc2ccc3[nH]c(=S)oc3c2)CC1=O. The van der Waals surface area contributed by atoms with Crippen LogP contribution in [0.25, 0.3) is 11.1 Å². The van der Waals surface area contributed by atoms with Crippen LogP contribution in [0.2, 0.25) is 0 Å². The van der Waals surface area contributed by atoms with Crippen molar-refractivity contribution >= 4 is 40.8 Å². The van der Waals surface area contributed by atoms with Gasteiger partial charge in [0.2, 0.25) is 11.8 Å². The molecule has 1 saturated heterocycles. The van der Waals surface area contributed by atoms with Crippen LogP contribution >= 0.6 is 12.2 Å². The van der Waals surface area contributed by atoms with Gasteiger partial charge in [-0.2, -0.15) is 0 Å². The number of hydrogen-bond donors (Lipinski definition) is 2. The molecule has 21 heavy (non-hydrogen) atoms. The molecule has 1 aliphatic heterocycles. The molecule has 0 aliphatic carbocycles. The van der Waals surface area contributed by atoms with Gasteiger partial charge < -0.3 is 19.6 Å². The van der Waals surface area contributed by atoms with Crippen LogP contribution < -0.4 is 5.32 Å². The maximum atomic E-state index is 12.2. The molecular formula is C14H15N3O3S. The average molecular weight is 305 g/mol. The molecule has 7 heteroatoms. The Morgan fingerprint density at radius 1 is 1.52 bits per heavy atom. The first kappa shape index (κ1) is 13.8. The number of fused-ring (bicyclic) bond motifs is 1. The summed E-state index contributed by atoms with van der Waals surface area (Å²) in [5.74, 6) is -0.403. The number of amides is 2. The van der Waals surface area contributed by atoms with Crippen molar-refractivity contribution in [3.05, 3.63) is 23.0 Å². The lowest BCUT2D eigenvalue weighted by atomic mass is 9.95. The summed E-state index contributed by atoms with van der Waals surface area (Å²) in [6.45, 7) is 0.614. The minimum atomic E-state index is -0.276. The Hall–Kier alpha value is -2.15. The monoisotopic (exact) mass is 305 g/mol. The number of H-pyrrole nitrogens is 1. The molecule has 2 aromatic rings. The highest BCUT2D eigenvalue weighted by molar-refractivity contribution is 7.71. The predicted molar refractivity (Wildman–Crippen MR) is 80.4 cm³/mol. The maximum absolute atomic E-state index is 12.2. The summed E-state index contributed by atoms with van der Waals surface area (Å²) in [6, 6.07) is 5.29. The molecule has 3 rings (SSSR count). The van der Waals surface area contributed by atoms with E-state index in [0.717, 1.165) is 5.52 Å². The van der Waals surface area contributed by atoms with Crippen molar-refractivity contribution in [2.24, 2.45) is 5.92 Å². The summed E-state index contributed by atoms with van der Waals surface area (Å²) in [5.41, 5.74) is 2.02. The molecule has 1 aromatic heterocycles. The van der Waals surface area contributed by atoms with Crippen molar-refractivity contribution in [1.29, 1.82) is 0 Å². The van der Waals surface area contributed by atoms with E-state index in [1.807, 2.05) is 0 Å². The number of benzene rings is 1. The van der Waals surface area contributed by atoms with Crippen LogP contribution in [0.15, 0.2) is 22.6 Å². The third kappa shape index (κ3) is 2.82. The molecular weight excluding hydrogens is 290 g/mol. The van der Waals surface area contributed by atoms with Gasteiger partial charge in [0.15, 0.2) is 5.58 Å². The fourth-order valence-electron chi connectivity index (χ4n) is 2.43. The topological polar surface area (TPSA) is 78.3 Å². The lowest BCUT2D eigenvalue weighted by molar-refractivity contribution is -0.137. The Kier molecular flexibility index (Phi) is 3.50. The number of piperidine rings is 1. The summed E-state index contributed by atoms with van der Waals surface area (Å²) in [7, 11) is 1.75. The third-order valence-electron chi connectivity index (χ3n) is 3.72. The van der Waals surface area contributed by atoms with Crippen LogP contribution in [0.5, 0.6) is 0 Å². The second kappa shape index (κ2) is 5.33. The normalized spacial score (nSPS) is 19.0. The number of likely N-dealkylation sites (tertiary alicyclic amines) is 1. The van der Waals surface area contributed by atoms with E-state index >= 15 is 0 Å². The Bertz CT molecular complexity index is 764. The molecule has 0 bridgehead atoms. The smallest absolute Gasteiger partial charge is 0.266 e. The Balaban J connectivity index is 1.73. The molecule has 0 unspecified atom stereocenters. The number of aromatic amines is 1. The summed E-state index contributed by atoms with van der Waals surface area (Å²) < 4.78 is 5.31. The number of carbonyl (C=O) groups is 2. The number of oxazole rings is 1. The standard InChI is InChI=1S/C14H15N3O3S/c1-17-5-4-8(6-12(17)18)13(19)15-9-2-3-10-11(7-9)20-14(21)16-10/h2-3,7-8H,4-6H2,1H3,(H,15,19)(H,16,21)/t8-/m0/s1. The molecule has 1 aromatic carbocycles. The molecule has 1 fully saturated rings. The van der Waals surface area contributed by atoms with Gasteiger partial charge in [-0.3, -0.25) is 9.59 Å². The number of hydrogen-bond acceptors (Lipinski definition) is 4. The first-order valence-corrected chi connectivity index (χ1v) is 7.11. The van der Waals surface area contributed by atoms with E-state index in [-0.39, 0.29) is 24.2 Å². The summed E-state index contributed by atoms with van der Waals surface area (Å²) >= 11 is 4.92. The fourth-order valence-corrected chi connectivity index (χ4v) is 2.63. The van der Waals surface area contributed by atoms with E-state index < -0.39 is 0 Å². The molecule has 0 saturated carbocycles.